The molecule has 0 radical (unpaired) electrons. The van der Waals surface area contributed by atoms with Crippen molar-refractivity contribution in [2.75, 3.05) is 7.05 Å². The van der Waals surface area contributed by atoms with Gasteiger partial charge >= 0.3 is 6.07 Å². The first kappa shape index (κ1) is 16.6. The quantitative estimate of drug-likeness (QED) is 0.509. The first-order valence-corrected chi connectivity index (χ1v) is 8.30. The molecule has 25 heavy (non-hydrogen) atoms. The molecule has 0 N–H and O–H groups in total. The van der Waals surface area contributed by atoms with Crippen LogP contribution in [0.3, 0.4) is 0 Å². The van der Waals surface area contributed by atoms with Crippen LogP contribution in [0.15, 0.2) is 66.7 Å². The fraction of sp³-hybridized carbons (Fsp3) is 0.125. The van der Waals surface area contributed by atoms with Gasteiger partial charge in [0.15, 0.2) is 0 Å². The zero-order valence-corrected chi connectivity index (χ0v) is 14.8. The summed E-state index contributed by atoms with van der Waals surface area (Å²) in [6.07, 6.45) is 0. The van der Waals surface area contributed by atoms with E-state index in [-0.39, 0.29) is 0 Å². The number of nitrogens with zero attached hydrogens (tertiary/aromatic N) is 1. The van der Waals surface area contributed by atoms with Crippen molar-refractivity contribution in [1.29, 1.82) is 0 Å². The molecule has 3 aromatic rings. The minimum Gasteiger partial charge on any atom is -0.101 e. The summed E-state index contributed by atoms with van der Waals surface area (Å²) < 4.78 is 0. The van der Waals surface area contributed by atoms with E-state index in [9.17, 15) is 0 Å². The Morgan fingerprint density at radius 1 is 0.720 bits per heavy atom. The van der Waals surface area contributed by atoms with Gasteiger partial charge in [0.2, 0.25) is 0 Å². The predicted octanol–water partition coefficient (Wildman–Crippen LogP) is 6.01. The maximum Gasteiger partial charge on any atom is 0.310 e. The van der Waals surface area contributed by atoms with Gasteiger partial charge in [0.05, 0.1) is 0 Å². The molecule has 0 spiro atoms. The summed E-state index contributed by atoms with van der Waals surface area (Å²) in [6.45, 7) is 3.98. The van der Waals surface area contributed by atoms with Gasteiger partial charge in [-0.15, -0.1) is 5.92 Å². The summed E-state index contributed by atoms with van der Waals surface area (Å²) in [5, 5.41) is 0. The fourth-order valence-electron chi connectivity index (χ4n) is 2.94. The van der Waals surface area contributed by atoms with Gasteiger partial charge in [0.1, 0.15) is 5.56 Å². The van der Waals surface area contributed by atoms with E-state index in [1.807, 2.05) is 19.1 Å². The molecular formula is C24H20N+. The minimum atomic E-state index is 0.987. The summed E-state index contributed by atoms with van der Waals surface area (Å²) in [5.74, 6) is 6.14. The topological polar surface area (TPSA) is 4.36 Å². The van der Waals surface area contributed by atoms with Gasteiger partial charge < -0.3 is 0 Å². The van der Waals surface area contributed by atoms with Crippen LogP contribution in [0.1, 0.15) is 23.6 Å². The van der Waals surface area contributed by atoms with E-state index >= 15 is 0 Å². The van der Waals surface area contributed by atoms with Crippen LogP contribution in [-0.4, -0.2) is 7.05 Å². The third-order valence-electron chi connectivity index (χ3n) is 3.98. The van der Waals surface area contributed by atoms with E-state index in [1.165, 1.54) is 22.3 Å². The van der Waals surface area contributed by atoms with E-state index in [1.54, 1.807) is 7.05 Å². The Morgan fingerprint density at radius 2 is 1.36 bits per heavy atom. The number of hydrogen-bond donors (Lipinski definition) is 0. The Hall–Kier alpha value is -3.29. The molecule has 3 aromatic carbocycles. The molecule has 0 unspecified atom stereocenters. The highest BCUT2D eigenvalue weighted by Crippen LogP contribution is 2.28. The molecule has 0 heterocycles. The highest BCUT2D eigenvalue weighted by Gasteiger charge is 2.05. The smallest absolute Gasteiger partial charge is 0.101 e. The zero-order valence-electron chi connectivity index (χ0n) is 14.8. The van der Waals surface area contributed by atoms with Crippen LogP contribution in [0.25, 0.3) is 27.1 Å². The van der Waals surface area contributed by atoms with Crippen LogP contribution in [0.5, 0.6) is 0 Å². The van der Waals surface area contributed by atoms with E-state index in [2.05, 4.69) is 84.3 Å². The van der Waals surface area contributed by atoms with Gasteiger partial charge in [0.25, 0.3) is 7.05 Å². The maximum absolute atomic E-state index is 3.98. The summed E-state index contributed by atoms with van der Waals surface area (Å²) in [4.78, 5) is 3.98. The molecule has 0 atom stereocenters. The first-order valence-electron chi connectivity index (χ1n) is 8.30. The highest BCUT2D eigenvalue weighted by molar-refractivity contribution is 5.74. The van der Waals surface area contributed by atoms with Gasteiger partial charge in [-0.05, 0) is 72.0 Å². The first-order chi connectivity index (χ1) is 12.2. The lowest BCUT2D eigenvalue weighted by atomic mass is 9.96. The molecule has 3 rings (SSSR count). The van der Waals surface area contributed by atoms with Gasteiger partial charge in [-0.3, -0.25) is 0 Å². The molecule has 0 saturated carbocycles. The second-order valence-electron chi connectivity index (χ2n) is 5.96. The molecule has 0 bridgehead atoms. The van der Waals surface area contributed by atoms with Gasteiger partial charge in [-0.1, -0.05) is 47.2 Å². The van der Waals surface area contributed by atoms with Crippen molar-refractivity contribution < 1.29 is 0 Å². The van der Waals surface area contributed by atoms with E-state index in [0.717, 1.165) is 16.7 Å². The molecule has 1 heteroatoms. The largest absolute Gasteiger partial charge is 0.310 e. The zero-order chi connectivity index (χ0) is 17.6. The third kappa shape index (κ3) is 3.97. The average molecular weight is 322 g/mol. The molecule has 0 saturated heterocycles. The van der Waals surface area contributed by atoms with Crippen molar-refractivity contribution in [1.82, 2.24) is 0 Å². The number of hydrogen-bond acceptors (Lipinski definition) is 0. The summed E-state index contributed by atoms with van der Waals surface area (Å²) in [6, 6.07) is 26.3. The SMILES string of the molecule is CC#Cc1cc(C)cc(-c2cccc(-c3cccc(C#[N+]C)c3)c2)c1. The Labute approximate surface area is 149 Å². The Kier molecular flexibility index (Phi) is 4.98. The number of benzene rings is 3. The maximum atomic E-state index is 3.98. The molecule has 0 fully saturated rings. The normalized spacial score (nSPS) is 9.56. The molecule has 120 valence electrons. The van der Waals surface area contributed by atoms with Crippen LogP contribution in [0.2, 0.25) is 0 Å². The molecule has 0 aliphatic carbocycles. The van der Waals surface area contributed by atoms with Crippen molar-refractivity contribution in [3.8, 4) is 40.2 Å². The average Bonchev–Trinajstić information content (AvgIpc) is 2.62. The van der Waals surface area contributed by atoms with Gasteiger partial charge in [0, 0.05) is 5.56 Å². The highest BCUT2D eigenvalue weighted by atomic mass is 14.6. The standard InChI is InChI=1S/C24H20N/c1-4-7-19-12-18(2)13-24(14-19)23-11-6-10-22(16-23)21-9-5-8-20(15-21)17-25-3/h5-6,8-16H,1-3H3/q+1. The van der Waals surface area contributed by atoms with Crippen molar-refractivity contribution in [3.63, 3.8) is 0 Å². The van der Waals surface area contributed by atoms with Crippen LogP contribution in [0.4, 0.5) is 0 Å². The van der Waals surface area contributed by atoms with Crippen LogP contribution in [-0.2, 0) is 0 Å². The van der Waals surface area contributed by atoms with E-state index < -0.39 is 0 Å². The Bertz CT molecular complexity index is 1040. The molecule has 0 amide bonds. The van der Waals surface area contributed by atoms with Gasteiger partial charge in [-0.25, -0.2) is 0 Å². The third-order valence-corrected chi connectivity index (χ3v) is 3.98. The summed E-state index contributed by atoms with van der Waals surface area (Å²) in [7, 11) is 1.74. The second-order valence-corrected chi connectivity index (χ2v) is 5.96. The minimum absolute atomic E-state index is 0.987. The summed E-state index contributed by atoms with van der Waals surface area (Å²) >= 11 is 0. The number of aryl methyl sites for hydroxylation is 1. The molecule has 1 nitrogen and oxygen atoms in total. The van der Waals surface area contributed by atoms with E-state index in [0.29, 0.717) is 0 Å². The molecule has 0 aliphatic rings. The summed E-state index contributed by atoms with van der Waals surface area (Å²) in [5.41, 5.74) is 7.99. The fourth-order valence-corrected chi connectivity index (χ4v) is 2.94. The van der Waals surface area contributed by atoms with Crippen molar-refractivity contribution in [2.24, 2.45) is 0 Å². The van der Waals surface area contributed by atoms with Crippen molar-refractivity contribution in [3.05, 3.63) is 88.3 Å². The van der Waals surface area contributed by atoms with Crippen LogP contribution in [0, 0.1) is 24.8 Å². The monoisotopic (exact) mass is 322 g/mol. The van der Waals surface area contributed by atoms with Crippen LogP contribution < -0.4 is 0 Å². The van der Waals surface area contributed by atoms with E-state index in [4.69, 9.17) is 0 Å². The molecular weight excluding hydrogens is 302 g/mol. The lowest BCUT2D eigenvalue weighted by molar-refractivity contribution is 1.45. The predicted molar refractivity (Wildman–Crippen MR) is 107 cm³/mol. The van der Waals surface area contributed by atoms with Crippen LogP contribution >= 0.6 is 0 Å². The van der Waals surface area contributed by atoms with Crippen molar-refractivity contribution >= 4 is 0 Å². The Balaban J connectivity index is 2.06. The van der Waals surface area contributed by atoms with Crippen molar-refractivity contribution in [2.45, 2.75) is 13.8 Å². The lowest BCUT2D eigenvalue weighted by Crippen LogP contribution is -1.86. The van der Waals surface area contributed by atoms with Gasteiger partial charge in [-0.2, -0.15) is 0 Å². The number of rotatable bonds is 2. The molecule has 0 aliphatic heterocycles. The second kappa shape index (κ2) is 7.52. The Morgan fingerprint density at radius 3 is 2.08 bits per heavy atom. The lowest BCUT2D eigenvalue weighted by Gasteiger charge is -2.08. The molecule has 0 aromatic heterocycles.